The van der Waals surface area contributed by atoms with Crippen molar-refractivity contribution < 1.29 is 9.21 Å². The van der Waals surface area contributed by atoms with Crippen LogP contribution in [0.15, 0.2) is 59.2 Å². The highest BCUT2D eigenvalue weighted by molar-refractivity contribution is 5.91. The van der Waals surface area contributed by atoms with E-state index in [1.807, 2.05) is 37.3 Å². The molecule has 0 saturated carbocycles. The molecule has 1 atom stereocenters. The van der Waals surface area contributed by atoms with Crippen molar-refractivity contribution in [3.05, 3.63) is 66.1 Å². The Morgan fingerprint density at radius 1 is 1.22 bits per heavy atom. The van der Waals surface area contributed by atoms with Crippen LogP contribution < -0.4 is 5.32 Å². The maximum Gasteiger partial charge on any atom is 0.244 e. The molecule has 3 nitrogen and oxygen atoms in total. The number of hydrogen-bond donors (Lipinski definition) is 1. The third-order valence-electron chi connectivity index (χ3n) is 2.60. The summed E-state index contributed by atoms with van der Waals surface area (Å²) < 4.78 is 5.11. The number of rotatable bonds is 4. The summed E-state index contributed by atoms with van der Waals surface area (Å²) in [6.07, 6.45) is 4.69. The summed E-state index contributed by atoms with van der Waals surface area (Å²) in [5.41, 5.74) is 1.08. The van der Waals surface area contributed by atoms with Crippen LogP contribution in [0.1, 0.15) is 24.3 Å². The molecule has 0 aliphatic rings. The van der Waals surface area contributed by atoms with Crippen molar-refractivity contribution in [3.63, 3.8) is 0 Å². The number of nitrogens with one attached hydrogen (secondary N) is 1. The van der Waals surface area contributed by atoms with Gasteiger partial charge in [0, 0.05) is 6.08 Å². The molecule has 2 rings (SSSR count). The Morgan fingerprint density at radius 2 is 2.00 bits per heavy atom. The molecule has 1 heterocycles. The van der Waals surface area contributed by atoms with Gasteiger partial charge in [0.2, 0.25) is 5.91 Å². The molecule has 0 aliphatic carbocycles. The first kappa shape index (κ1) is 12.2. The Hall–Kier alpha value is -2.29. The number of hydrogen-bond acceptors (Lipinski definition) is 2. The molecule has 0 radical (unpaired) electrons. The van der Waals surface area contributed by atoms with E-state index in [1.54, 1.807) is 24.5 Å². The molecule has 0 bridgehead atoms. The van der Waals surface area contributed by atoms with E-state index in [1.165, 1.54) is 6.08 Å². The summed E-state index contributed by atoms with van der Waals surface area (Å²) in [7, 11) is 0. The minimum Gasteiger partial charge on any atom is -0.465 e. The monoisotopic (exact) mass is 241 g/mol. The average molecular weight is 241 g/mol. The van der Waals surface area contributed by atoms with Crippen molar-refractivity contribution in [2.24, 2.45) is 0 Å². The number of benzene rings is 1. The highest BCUT2D eigenvalue weighted by atomic mass is 16.3. The summed E-state index contributed by atoms with van der Waals surface area (Å²) in [6, 6.07) is 13.4. The van der Waals surface area contributed by atoms with Crippen LogP contribution in [0.25, 0.3) is 6.08 Å². The molecule has 1 aromatic carbocycles. The van der Waals surface area contributed by atoms with Gasteiger partial charge in [-0.15, -0.1) is 0 Å². The van der Waals surface area contributed by atoms with E-state index in [0.717, 1.165) is 5.56 Å². The smallest absolute Gasteiger partial charge is 0.244 e. The SMILES string of the molecule is C[C@@H](NC(=O)/C=C/c1ccco1)c1ccccc1. The molecule has 0 spiro atoms. The first-order valence-electron chi connectivity index (χ1n) is 5.83. The Bertz CT molecular complexity index is 515. The van der Waals surface area contributed by atoms with E-state index in [4.69, 9.17) is 4.42 Å². The maximum absolute atomic E-state index is 11.7. The van der Waals surface area contributed by atoms with E-state index < -0.39 is 0 Å². The minimum atomic E-state index is -0.136. The molecule has 0 unspecified atom stereocenters. The molecule has 1 amide bonds. The van der Waals surface area contributed by atoms with Crippen molar-refractivity contribution in [1.29, 1.82) is 0 Å². The first-order valence-corrected chi connectivity index (χ1v) is 5.83. The van der Waals surface area contributed by atoms with Gasteiger partial charge in [-0.2, -0.15) is 0 Å². The van der Waals surface area contributed by atoms with Gasteiger partial charge in [-0.05, 0) is 30.7 Å². The van der Waals surface area contributed by atoms with Gasteiger partial charge in [-0.1, -0.05) is 30.3 Å². The predicted octanol–water partition coefficient (Wildman–Crippen LogP) is 3.17. The topological polar surface area (TPSA) is 42.2 Å². The van der Waals surface area contributed by atoms with Gasteiger partial charge >= 0.3 is 0 Å². The molecule has 2 aromatic rings. The average Bonchev–Trinajstić information content (AvgIpc) is 2.90. The molecule has 0 fully saturated rings. The maximum atomic E-state index is 11.7. The van der Waals surface area contributed by atoms with Gasteiger partial charge in [-0.25, -0.2) is 0 Å². The summed E-state index contributed by atoms with van der Waals surface area (Å²) in [6.45, 7) is 1.95. The first-order chi connectivity index (χ1) is 8.75. The van der Waals surface area contributed by atoms with Crippen molar-refractivity contribution in [1.82, 2.24) is 5.32 Å². The zero-order valence-corrected chi connectivity index (χ0v) is 10.2. The van der Waals surface area contributed by atoms with Gasteiger partial charge in [0.1, 0.15) is 5.76 Å². The van der Waals surface area contributed by atoms with Gasteiger partial charge in [-0.3, -0.25) is 4.79 Å². The molecule has 1 N–H and O–H groups in total. The fourth-order valence-electron chi connectivity index (χ4n) is 1.63. The van der Waals surface area contributed by atoms with Crippen molar-refractivity contribution in [2.45, 2.75) is 13.0 Å². The molecule has 3 heteroatoms. The second-order valence-corrected chi connectivity index (χ2v) is 3.99. The molecular weight excluding hydrogens is 226 g/mol. The lowest BCUT2D eigenvalue weighted by Gasteiger charge is -2.12. The second kappa shape index (κ2) is 5.87. The van der Waals surface area contributed by atoms with E-state index in [2.05, 4.69) is 5.32 Å². The van der Waals surface area contributed by atoms with Crippen LogP contribution in [0.3, 0.4) is 0 Å². The zero-order valence-electron chi connectivity index (χ0n) is 10.2. The lowest BCUT2D eigenvalue weighted by Crippen LogP contribution is -2.24. The van der Waals surface area contributed by atoms with Crippen molar-refractivity contribution in [2.75, 3.05) is 0 Å². The van der Waals surface area contributed by atoms with Gasteiger partial charge in [0.15, 0.2) is 0 Å². The van der Waals surface area contributed by atoms with Crippen molar-refractivity contribution in [3.8, 4) is 0 Å². The Labute approximate surface area is 106 Å². The summed E-state index contributed by atoms with van der Waals surface area (Å²) >= 11 is 0. The predicted molar refractivity (Wildman–Crippen MR) is 70.7 cm³/mol. The standard InChI is InChI=1S/C15H15NO2/c1-12(13-6-3-2-4-7-13)16-15(17)10-9-14-8-5-11-18-14/h2-12H,1H3,(H,16,17)/b10-9+/t12-/m1/s1. The van der Waals surface area contributed by atoms with Crippen LogP contribution in [-0.4, -0.2) is 5.91 Å². The number of amides is 1. The third-order valence-corrected chi connectivity index (χ3v) is 2.60. The van der Waals surface area contributed by atoms with E-state index in [-0.39, 0.29) is 11.9 Å². The highest BCUT2D eigenvalue weighted by Gasteiger charge is 2.06. The lowest BCUT2D eigenvalue weighted by molar-refractivity contribution is -0.117. The van der Waals surface area contributed by atoms with Crippen LogP contribution in [0, 0.1) is 0 Å². The summed E-state index contributed by atoms with van der Waals surface area (Å²) in [5, 5.41) is 2.89. The third kappa shape index (κ3) is 3.35. The fraction of sp³-hybridized carbons (Fsp3) is 0.133. The van der Waals surface area contributed by atoms with Gasteiger partial charge in [0.05, 0.1) is 12.3 Å². The Balaban J connectivity index is 1.92. The van der Waals surface area contributed by atoms with Crippen LogP contribution in [0.5, 0.6) is 0 Å². The molecular formula is C15H15NO2. The molecule has 0 aliphatic heterocycles. The zero-order chi connectivity index (χ0) is 12.8. The normalized spacial score (nSPS) is 12.5. The van der Waals surface area contributed by atoms with Crippen LogP contribution in [-0.2, 0) is 4.79 Å². The van der Waals surface area contributed by atoms with E-state index in [9.17, 15) is 4.79 Å². The number of carbonyl (C=O) groups is 1. The van der Waals surface area contributed by atoms with Crippen LogP contribution >= 0.6 is 0 Å². The summed E-state index contributed by atoms with van der Waals surface area (Å²) in [4.78, 5) is 11.7. The molecule has 18 heavy (non-hydrogen) atoms. The number of carbonyl (C=O) groups excluding carboxylic acids is 1. The fourth-order valence-corrected chi connectivity index (χ4v) is 1.63. The van der Waals surface area contributed by atoms with Crippen molar-refractivity contribution >= 4 is 12.0 Å². The largest absolute Gasteiger partial charge is 0.465 e. The highest BCUT2D eigenvalue weighted by Crippen LogP contribution is 2.11. The quantitative estimate of drug-likeness (QED) is 0.835. The molecule has 1 aromatic heterocycles. The summed E-state index contributed by atoms with van der Waals surface area (Å²) in [5.74, 6) is 0.528. The van der Waals surface area contributed by atoms with Crippen LogP contribution in [0.2, 0.25) is 0 Å². The van der Waals surface area contributed by atoms with Gasteiger partial charge in [0.25, 0.3) is 0 Å². The number of furan rings is 1. The van der Waals surface area contributed by atoms with E-state index >= 15 is 0 Å². The Morgan fingerprint density at radius 3 is 2.67 bits per heavy atom. The van der Waals surface area contributed by atoms with Gasteiger partial charge < -0.3 is 9.73 Å². The van der Waals surface area contributed by atoms with Crippen LogP contribution in [0.4, 0.5) is 0 Å². The molecule has 0 saturated heterocycles. The minimum absolute atomic E-state index is 0.0139. The molecule has 92 valence electrons. The second-order valence-electron chi connectivity index (χ2n) is 3.99. The lowest BCUT2D eigenvalue weighted by atomic mass is 10.1. The Kier molecular flexibility index (Phi) is 3.97. The van der Waals surface area contributed by atoms with E-state index in [0.29, 0.717) is 5.76 Å².